The summed E-state index contributed by atoms with van der Waals surface area (Å²) in [5.41, 5.74) is 2.05. The van der Waals surface area contributed by atoms with Crippen LogP contribution in [0.3, 0.4) is 0 Å². The number of hydrogen-bond acceptors (Lipinski definition) is 2. The van der Waals surface area contributed by atoms with Gasteiger partial charge >= 0.3 is 0 Å². The molecule has 0 fully saturated rings. The quantitative estimate of drug-likeness (QED) is 0.492. The highest BCUT2D eigenvalue weighted by atomic mass is 35.6. The van der Waals surface area contributed by atoms with Crippen LogP contribution in [0, 0.1) is 12.3 Å². The topological polar surface area (TPSA) is 33.1 Å². The van der Waals surface area contributed by atoms with Crippen LogP contribution in [0.25, 0.3) is 0 Å². The Hall–Kier alpha value is -0.440. The first-order chi connectivity index (χ1) is 6.91. The summed E-state index contributed by atoms with van der Waals surface area (Å²) in [5.74, 6) is -0.365. The summed E-state index contributed by atoms with van der Waals surface area (Å²) in [6.07, 6.45) is 0. The Kier molecular flexibility index (Phi) is 4.26. The number of alkyl halides is 3. The van der Waals surface area contributed by atoms with Crippen molar-refractivity contribution >= 4 is 40.7 Å². The molecule has 0 aliphatic rings. The first-order valence-corrected chi connectivity index (χ1v) is 5.37. The van der Waals surface area contributed by atoms with Crippen LogP contribution >= 0.6 is 34.8 Å². The molecule has 0 bridgehead atoms. The zero-order chi connectivity index (χ0) is 11.5. The Labute approximate surface area is 104 Å². The van der Waals surface area contributed by atoms with E-state index in [1.54, 1.807) is 0 Å². The number of halogens is 3. The van der Waals surface area contributed by atoms with Crippen LogP contribution in [0.2, 0.25) is 0 Å². The van der Waals surface area contributed by atoms with Crippen molar-refractivity contribution in [3.63, 3.8) is 0 Å². The minimum Gasteiger partial charge on any atom is -0.473 e. The zero-order valence-corrected chi connectivity index (χ0v) is 10.3. The Balaban J connectivity index is 2.59. The molecule has 1 aromatic carbocycles. The van der Waals surface area contributed by atoms with Crippen LogP contribution in [0.1, 0.15) is 11.1 Å². The lowest BCUT2D eigenvalue weighted by atomic mass is 10.1. The van der Waals surface area contributed by atoms with E-state index in [4.69, 9.17) is 44.9 Å². The van der Waals surface area contributed by atoms with Crippen LogP contribution in [-0.2, 0) is 11.3 Å². The van der Waals surface area contributed by atoms with Crippen molar-refractivity contribution < 1.29 is 4.74 Å². The van der Waals surface area contributed by atoms with Crippen LogP contribution in [0.4, 0.5) is 0 Å². The molecule has 0 unspecified atom stereocenters. The highest BCUT2D eigenvalue weighted by molar-refractivity contribution is 6.75. The second kappa shape index (κ2) is 5.06. The van der Waals surface area contributed by atoms with Crippen molar-refractivity contribution in [1.29, 1.82) is 5.41 Å². The molecule has 1 rings (SSSR count). The smallest absolute Gasteiger partial charge is 0.265 e. The molecule has 1 aromatic rings. The summed E-state index contributed by atoms with van der Waals surface area (Å²) in [4.78, 5) is 0. The van der Waals surface area contributed by atoms with Crippen molar-refractivity contribution in [2.45, 2.75) is 17.3 Å². The third kappa shape index (κ3) is 3.90. The minimum absolute atomic E-state index is 0.236. The van der Waals surface area contributed by atoms with Crippen molar-refractivity contribution in [3.05, 3.63) is 35.4 Å². The second-order valence-electron chi connectivity index (χ2n) is 3.04. The van der Waals surface area contributed by atoms with E-state index in [-0.39, 0.29) is 12.5 Å². The molecule has 0 atom stereocenters. The van der Waals surface area contributed by atoms with Gasteiger partial charge in [0.15, 0.2) is 0 Å². The standard InChI is InChI=1S/C10H10Cl3NO/c1-7-4-2-3-5-8(7)6-15-9(14)10(11,12)13/h2-5,14H,6H2,1H3. The van der Waals surface area contributed by atoms with Gasteiger partial charge in [0.2, 0.25) is 5.90 Å². The van der Waals surface area contributed by atoms with E-state index < -0.39 is 3.79 Å². The largest absolute Gasteiger partial charge is 0.473 e. The summed E-state index contributed by atoms with van der Waals surface area (Å²) >= 11 is 16.4. The molecular formula is C10H10Cl3NO. The van der Waals surface area contributed by atoms with E-state index in [9.17, 15) is 0 Å². The average molecular weight is 267 g/mol. The molecule has 0 radical (unpaired) electrons. The first kappa shape index (κ1) is 12.6. The van der Waals surface area contributed by atoms with Crippen LogP contribution in [0.15, 0.2) is 24.3 Å². The summed E-state index contributed by atoms with van der Waals surface area (Å²) in [6.45, 7) is 2.19. The van der Waals surface area contributed by atoms with Gasteiger partial charge in [-0.1, -0.05) is 59.1 Å². The van der Waals surface area contributed by atoms with Crippen LogP contribution in [0.5, 0.6) is 0 Å². The van der Waals surface area contributed by atoms with E-state index in [0.717, 1.165) is 11.1 Å². The molecule has 0 heterocycles. The summed E-state index contributed by atoms with van der Waals surface area (Å²) in [6, 6.07) is 7.68. The molecule has 0 aliphatic carbocycles. The fourth-order valence-corrected chi connectivity index (χ4v) is 1.17. The molecule has 0 spiro atoms. The number of aryl methyl sites for hydroxylation is 1. The van der Waals surface area contributed by atoms with Gasteiger partial charge in [0.1, 0.15) is 6.61 Å². The molecule has 0 aromatic heterocycles. The fourth-order valence-electron chi connectivity index (χ4n) is 1.00. The van der Waals surface area contributed by atoms with Crippen molar-refractivity contribution in [3.8, 4) is 0 Å². The molecule has 15 heavy (non-hydrogen) atoms. The Morgan fingerprint density at radius 2 is 1.93 bits per heavy atom. The normalized spacial score (nSPS) is 11.2. The number of ether oxygens (including phenoxy) is 1. The van der Waals surface area contributed by atoms with E-state index >= 15 is 0 Å². The Bertz CT molecular complexity index is 360. The fraction of sp³-hybridized carbons (Fsp3) is 0.300. The SMILES string of the molecule is Cc1ccccc1COC(=N)C(Cl)(Cl)Cl. The van der Waals surface area contributed by atoms with Gasteiger partial charge in [0.25, 0.3) is 3.79 Å². The summed E-state index contributed by atoms with van der Waals surface area (Å²) in [5, 5.41) is 7.34. The minimum atomic E-state index is -1.79. The van der Waals surface area contributed by atoms with Crippen molar-refractivity contribution in [2.75, 3.05) is 0 Å². The van der Waals surface area contributed by atoms with Crippen LogP contribution in [-0.4, -0.2) is 9.69 Å². The van der Waals surface area contributed by atoms with E-state index in [0.29, 0.717) is 0 Å². The van der Waals surface area contributed by atoms with Gasteiger partial charge in [-0.2, -0.15) is 0 Å². The van der Waals surface area contributed by atoms with Gasteiger partial charge in [-0.3, -0.25) is 5.41 Å². The van der Waals surface area contributed by atoms with E-state index in [1.807, 2.05) is 31.2 Å². The predicted molar refractivity (Wildman–Crippen MR) is 64.0 cm³/mol. The number of benzene rings is 1. The third-order valence-corrected chi connectivity index (χ3v) is 2.41. The molecule has 2 nitrogen and oxygen atoms in total. The van der Waals surface area contributed by atoms with Gasteiger partial charge < -0.3 is 4.74 Å². The first-order valence-electron chi connectivity index (χ1n) is 4.24. The maximum Gasteiger partial charge on any atom is 0.265 e. The molecule has 0 amide bonds. The highest BCUT2D eigenvalue weighted by Gasteiger charge is 2.28. The van der Waals surface area contributed by atoms with E-state index in [1.165, 1.54) is 0 Å². The lowest BCUT2D eigenvalue weighted by Crippen LogP contribution is -2.21. The number of rotatable bonds is 2. The second-order valence-corrected chi connectivity index (χ2v) is 5.32. The van der Waals surface area contributed by atoms with E-state index in [2.05, 4.69) is 0 Å². The molecular weight excluding hydrogens is 256 g/mol. The van der Waals surface area contributed by atoms with Crippen molar-refractivity contribution in [1.82, 2.24) is 0 Å². The number of hydrogen-bond donors (Lipinski definition) is 1. The third-order valence-electron chi connectivity index (χ3n) is 1.89. The van der Waals surface area contributed by atoms with Crippen molar-refractivity contribution in [2.24, 2.45) is 0 Å². The molecule has 0 saturated carbocycles. The molecule has 0 aliphatic heterocycles. The van der Waals surface area contributed by atoms with Gasteiger partial charge in [-0.25, -0.2) is 0 Å². The maximum absolute atomic E-state index is 7.34. The van der Waals surface area contributed by atoms with Gasteiger partial charge in [0, 0.05) is 0 Å². The number of nitrogens with one attached hydrogen (secondary N) is 1. The lowest BCUT2D eigenvalue weighted by Gasteiger charge is -2.14. The van der Waals surface area contributed by atoms with Gasteiger partial charge in [-0.05, 0) is 18.1 Å². The van der Waals surface area contributed by atoms with Gasteiger partial charge in [0.05, 0.1) is 0 Å². The zero-order valence-electron chi connectivity index (χ0n) is 8.06. The summed E-state index contributed by atoms with van der Waals surface area (Å²) < 4.78 is 3.27. The molecule has 1 N–H and O–H groups in total. The van der Waals surface area contributed by atoms with Gasteiger partial charge in [-0.15, -0.1) is 0 Å². The Morgan fingerprint density at radius 1 is 1.33 bits per heavy atom. The molecule has 0 saturated heterocycles. The predicted octanol–water partition coefficient (Wildman–Crippen LogP) is 3.86. The summed E-state index contributed by atoms with van der Waals surface area (Å²) in [7, 11) is 0. The molecule has 5 heteroatoms. The maximum atomic E-state index is 7.34. The monoisotopic (exact) mass is 265 g/mol. The molecule has 82 valence electrons. The highest BCUT2D eigenvalue weighted by Crippen LogP contribution is 2.28. The van der Waals surface area contributed by atoms with Crippen LogP contribution < -0.4 is 0 Å². The lowest BCUT2D eigenvalue weighted by molar-refractivity contribution is 0.283. The average Bonchev–Trinajstić information content (AvgIpc) is 2.14. The Morgan fingerprint density at radius 3 is 2.47 bits per heavy atom.